The van der Waals surface area contributed by atoms with Gasteiger partial charge in [0.15, 0.2) is 0 Å². The standard InChI is InChI=1S/C12H15N3/c1-7-11-9(5-6-14-7)8-3-2-4-10(13)12(8)15-11/h2-4,7,14-15H,5-6,13H2,1H3. The van der Waals surface area contributed by atoms with Gasteiger partial charge in [-0.1, -0.05) is 12.1 Å². The van der Waals surface area contributed by atoms with Gasteiger partial charge in [0, 0.05) is 17.1 Å². The van der Waals surface area contributed by atoms with Crippen LogP contribution in [-0.2, 0) is 6.42 Å². The second kappa shape index (κ2) is 3.00. The van der Waals surface area contributed by atoms with E-state index >= 15 is 0 Å². The van der Waals surface area contributed by atoms with Crippen molar-refractivity contribution in [3.63, 3.8) is 0 Å². The van der Waals surface area contributed by atoms with Crippen molar-refractivity contribution in [2.45, 2.75) is 19.4 Å². The molecule has 3 heteroatoms. The first-order valence-electron chi connectivity index (χ1n) is 5.39. The molecule has 1 aromatic heterocycles. The van der Waals surface area contributed by atoms with Crippen LogP contribution < -0.4 is 11.1 Å². The number of fused-ring (bicyclic) bond motifs is 3. The summed E-state index contributed by atoms with van der Waals surface area (Å²) in [6, 6.07) is 6.53. The highest BCUT2D eigenvalue weighted by Gasteiger charge is 2.20. The predicted molar refractivity (Wildman–Crippen MR) is 62.8 cm³/mol. The number of aromatic nitrogens is 1. The zero-order valence-electron chi connectivity index (χ0n) is 8.80. The van der Waals surface area contributed by atoms with Crippen molar-refractivity contribution in [3.05, 3.63) is 29.5 Å². The van der Waals surface area contributed by atoms with Crippen molar-refractivity contribution in [3.8, 4) is 0 Å². The number of hydrogen-bond acceptors (Lipinski definition) is 2. The molecule has 0 fully saturated rings. The maximum absolute atomic E-state index is 5.96. The Bertz CT molecular complexity index is 513. The average Bonchev–Trinajstić information content (AvgIpc) is 2.60. The molecule has 0 saturated heterocycles. The zero-order chi connectivity index (χ0) is 10.4. The molecule has 1 unspecified atom stereocenters. The van der Waals surface area contributed by atoms with E-state index in [1.807, 2.05) is 12.1 Å². The molecule has 0 bridgehead atoms. The fourth-order valence-corrected chi connectivity index (χ4v) is 2.47. The SMILES string of the molecule is CC1NCCc2c1[nH]c1c(N)cccc21. The Labute approximate surface area is 88.7 Å². The van der Waals surface area contributed by atoms with E-state index in [4.69, 9.17) is 5.73 Å². The van der Waals surface area contributed by atoms with Crippen molar-refractivity contribution >= 4 is 16.6 Å². The van der Waals surface area contributed by atoms with Crippen molar-refractivity contribution in [1.29, 1.82) is 0 Å². The maximum atomic E-state index is 5.96. The van der Waals surface area contributed by atoms with Crippen LogP contribution in [0.4, 0.5) is 5.69 Å². The Hall–Kier alpha value is -1.48. The van der Waals surface area contributed by atoms with Crippen LogP contribution in [0.1, 0.15) is 24.2 Å². The Morgan fingerprint density at radius 1 is 1.40 bits per heavy atom. The van der Waals surface area contributed by atoms with Crippen molar-refractivity contribution in [1.82, 2.24) is 10.3 Å². The lowest BCUT2D eigenvalue weighted by atomic mass is 10.0. The smallest absolute Gasteiger partial charge is 0.0693 e. The Kier molecular flexibility index (Phi) is 1.76. The Morgan fingerprint density at radius 3 is 3.13 bits per heavy atom. The molecule has 15 heavy (non-hydrogen) atoms. The highest BCUT2D eigenvalue weighted by molar-refractivity contribution is 5.93. The summed E-state index contributed by atoms with van der Waals surface area (Å²) in [7, 11) is 0. The van der Waals surface area contributed by atoms with Crippen LogP contribution in [0, 0.1) is 0 Å². The topological polar surface area (TPSA) is 53.8 Å². The van der Waals surface area contributed by atoms with Crippen LogP contribution in [0.2, 0.25) is 0 Å². The summed E-state index contributed by atoms with van der Waals surface area (Å²) in [6.07, 6.45) is 1.09. The minimum atomic E-state index is 0.403. The van der Waals surface area contributed by atoms with Crippen LogP contribution >= 0.6 is 0 Å². The van der Waals surface area contributed by atoms with Crippen LogP contribution in [-0.4, -0.2) is 11.5 Å². The molecule has 3 rings (SSSR count). The number of nitrogen functional groups attached to an aromatic ring is 1. The molecule has 2 heterocycles. The van der Waals surface area contributed by atoms with Gasteiger partial charge in [-0.2, -0.15) is 0 Å². The molecule has 0 amide bonds. The average molecular weight is 201 g/mol. The summed E-state index contributed by atoms with van der Waals surface area (Å²) < 4.78 is 0. The number of nitrogens with two attached hydrogens (primary N) is 1. The van der Waals surface area contributed by atoms with E-state index in [0.717, 1.165) is 24.2 Å². The van der Waals surface area contributed by atoms with Crippen molar-refractivity contribution in [2.75, 3.05) is 12.3 Å². The molecule has 0 aliphatic carbocycles. The quantitative estimate of drug-likeness (QED) is 0.571. The molecule has 1 aromatic carbocycles. The number of aromatic amines is 1. The number of H-pyrrole nitrogens is 1. The molecule has 1 aliphatic heterocycles. The van der Waals surface area contributed by atoms with E-state index in [-0.39, 0.29) is 0 Å². The summed E-state index contributed by atoms with van der Waals surface area (Å²) in [5.74, 6) is 0. The van der Waals surface area contributed by atoms with E-state index < -0.39 is 0 Å². The maximum Gasteiger partial charge on any atom is 0.0693 e. The molecule has 1 aliphatic rings. The molecular weight excluding hydrogens is 186 g/mol. The number of benzene rings is 1. The second-order valence-electron chi connectivity index (χ2n) is 4.21. The number of rotatable bonds is 0. The third-order valence-electron chi connectivity index (χ3n) is 3.27. The summed E-state index contributed by atoms with van der Waals surface area (Å²) >= 11 is 0. The summed E-state index contributed by atoms with van der Waals surface area (Å²) in [4.78, 5) is 3.45. The van der Waals surface area contributed by atoms with Crippen LogP contribution in [0.25, 0.3) is 10.9 Å². The Balaban J connectivity index is 2.35. The molecule has 78 valence electrons. The molecule has 1 atom stereocenters. The van der Waals surface area contributed by atoms with Gasteiger partial charge in [-0.3, -0.25) is 0 Å². The van der Waals surface area contributed by atoms with Crippen LogP contribution in [0.15, 0.2) is 18.2 Å². The lowest BCUT2D eigenvalue weighted by Crippen LogP contribution is -2.27. The largest absolute Gasteiger partial charge is 0.397 e. The van der Waals surface area contributed by atoms with E-state index in [9.17, 15) is 0 Å². The summed E-state index contributed by atoms with van der Waals surface area (Å²) in [5.41, 5.74) is 10.6. The molecule has 2 aromatic rings. The number of nitrogens with one attached hydrogen (secondary N) is 2. The molecule has 0 saturated carbocycles. The number of anilines is 1. The van der Waals surface area contributed by atoms with Gasteiger partial charge in [0.2, 0.25) is 0 Å². The highest BCUT2D eigenvalue weighted by Crippen LogP contribution is 2.31. The van der Waals surface area contributed by atoms with Crippen molar-refractivity contribution in [2.24, 2.45) is 0 Å². The molecular formula is C12H15N3. The van der Waals surface area contributed by atoms with E-state index in [1.54, 1.807) is 0 Å². The first-order valence-corrected chi connectivity index (χ1v) is 5.39. The van der Waals surface area contributed by atoms with Gasteiger partial charge in [0.1, 0.15) is 0 Å². The predicted octanol–water partition coefficient (Wildman–Crippen LogP) is 1.96. The van der Waals surface area contributed by atoms with Crippen LogP contribution in [0.5, 0.6) is 0 Å². The second-order valence-corrected chi connectivity index (χ2v) is 4.21. The summed E-state index contributed by atoms with van der Waals surface area (Å²) in [6.45, 7) is 3.24. The van der Waals surface area contributed by atoms with Gasteiger partial charge in [-0.25, -0.2) is 0 Å². The van der Waals surface area contributed by atoms with Crippen LogP contribution in [0.3, 0.4) is 0 Å². The van der Waals surface area contributed by atoms with Gasteiger partial charge in [-0.05, 0) is 31.5 Å². The number of hydrogen-bond donors (Lipinski definition) is 3. The first kappa shape index (κ1) is 8.80. The van der Waals surface area contributed by atoms with E-state index in [0.29, 0.717) is 6.04 Å². The van der Waals surface area contributed by atoms with Gasteiger partial charge >= 0.3 is 0 Å². The van der Waals surface area contributed by atoms with Gasteiger partial charge in [-0.15, -0.1) is 0 Å². The fourth-order valence-electron chi connectivity index (χ4n) is 2.47. The minimum Gasteiger partial charge on any atom is -0.397 e. The molecule has 0 spiro atoms. The van der Waals surface area contributed by atoms with Crippen molar-refractivity contribution < 1.29 is 0 Å². The lowest BCUT2D eigenvalue weighted by molar-refractivity contribution is 0.533. The van der Waals surface area contributed by atoms with E-state index in [1.165, 1.54) is 16.6 Å². The van der Waals surface area contributed by atoms with E-state index in [2.05, 4.69) is 23.3 Å². The van der Waals surface area contributed by atoms with Gasteiger partial charge in [0.25, 0.3) is 0 Å². The zero-order valence-corrected chi connectivity index (χ0v) is 8.80. The highest BCUT2D eigenvalue weighted by atomic mass is 15.0. The minimum absolute atomic E-state index is 0.403. The monoisotopic (exact) mass is 201 g/mol. The molecule has 0 radical (unpaired) electrons. The van der Waals surface area contributed by atoms with Gasteiger partial charge in [0.05, 0.1) is 11.2 Å². The molecule has 4 N–H and O–H groups in total. The van der Waals surface area contributed by atoms with Gasteiger partial charge < -0.3 is 16.0 Å². The Morgan fingerprint density at radius 2 is 2.27 bits per heavy atom. The molecule has 3 nitrogen and oxygen atoms in total. The lowest BCUT2D eigenvalue weighted by Gasteiger charge is -2.20. The third-order valence-corrected chi connectivity index (χ3v) is 3.27. The summed E-state index contributed by atoms with van der Waals surface area (Å²) in [5, 5.41) is 4.74. The third kappa shape index (κ3) is 1.16. The first-order chi connectivity index (χ1) is 7.27. The fraction of sp³-hybridized carbons (Fsp3) is 0.333. The normalized spacial score (nSPS) is 20.5. The number of para-hydroxylation sites is 1.